The van der Waals surface area contributed by atoms with Crippen molar-refractivity contribution in [3.8, 4) is 21.6 Å². The second kappa shape index (κ2) is 9.08. The molecule has 1 aliphatic carbocycles. The van der Waals surface area contributed by atoms with Crippen molar-refractivity contribution in [3.05, 3.63) is 64.8 Å². The van der Waals surface area contributed by atoms with Crippen LogP contribution in [0, 0.1) is 0 Å². The molecule has 1 amide bonds. The van der Waals surface area contributed by atoms with Gasteiger partial charge in [-0.2, -0.15) is 0 Å². The molecule has 3 aromatic rings. The number of likely N-dealkylation sites (tertiary alicyclic amines) is 1. The van der Waals surface area contributed by atoms with E-state index in [1.54, 1.807) is 23.7 Å². The van der Waals surface area contributed by atoms with Gasteiger partial charge in [-0.1, -0.05) is 17.3 Å². The fourth-order valence-electron chi connectivity index (χ4n) is 4.89. The molecular formula is C26H28N4O2S. The van der Waals surface area contributed by atoms with Gasteiger partial charge in [0.15, 0.2) is 0 Å². The molecule has 0 unspecified atom stereocenters. The van der Waals surface area contributed by atoms with E-state index in [1.807, 2.05) is 36.2 Å². The summed E-state index contributed by atoms with van der Waals surface area (Å²) in [6.07, 6.45) is 7.21. The van der Waals surface area contributed by atoms with E-state index in [0.717, 1.165) is 76.5 Å². The first-order valence-electron chi connectivity index (χ1n) is 11.4. The number of fused-ring (bicyclic) bond motifs is 1. The molecule has 3 heterocycles. The number of thiophene rings is 1. The standard InChI is InChI=1S/C26H28N4O2S/c1-29-13-9-20(10-14-29)30(2)26(31)24-16-22(17-7-11-27-12-8-17)25(33-24)19-3-5-21-18(15-19)4-6-23(21)28-32/h3,5,7-8,11-12,15-16,20,32H,4,6,9-10,13-14H2,1-2H3/b28-23+. The number of pyridine rings is 1. The molecule has 33 heavy (non-hydrogen) atoms. The highest BCUT2D eigenvalue weighted by Gasteiger charge is 2.27. The van der Waals surface area contributed by atoms with Gasteiger partial charge in [-0.3, -0.25) is 9.78 Å². The molecule has 0 saturated carbocycles. The van der Waals surface area contributed by atoms with Crippen molar-refractivity contribution >= 4 is 23.0 Å². The fourth-order valence-corrected chi connectivity index (χ4v) is 6.05. The summed E-state index contributed by atoms with van der Waals surface area (Å²) in [5.41, 5.74) is 6.14. The van der Waals surface area contributed by atoms with Gasteiger partial charge in [-0.05, 0) is 86.8 Å². The highest BCUT2D eigenvalue weighted by atomic mass is 32.1. The number of amides is 1. The lowest BCUT2D eigenvalue weighted by Crippen LogP contribution is -2.44. The van der Waals surface area contributed by atoms with Gasteiger partial charge >= 0.3 is 0 Å². The van der Waals surface area contributed by atoms with Gasteiger partial charge in [-0.15, -0.1) is 11.3 Å². The average Bonchev–Trinajstić information content (AvgIpc) is 3.48. The smallest absolute Gasteiger partial charge is 0.263 e. The van der Waals surface area contributed by atoms with Crippen LogP contribution in [0.2, 0.25) is 0 Å². The molecule has 0 bridgehead atoms. The first-order valence-corrected chi connectivity index (χ1v) is 12.2. The molecule has 7 heteroatoms. The third-order valence-electron chi connectivity index (χ3n) is 6.92. The number of hydrogen-bond acceptors (Lipinski definition) is 6. The zero-order valence-electron chi connectivity index (χ0n) is 19.0. The lowest BCUT2D eigenvalue weighted by Gasteiger charge is -2.34. The quantitative estimate of drug-likeness (QED) is 0.450. The molecule has 1 aliphatic heterocycles. The molecule has 1 N–H and O–H groups in total. The molecule has 1 fully saturated rings. The van der Waals surface area contributed by atoms with Gasteiger partial charge in [0.2, 0.25) is 0 Å². The molecular weight excluding hydrogens is 432 g/mol. The Bertz CT molecular complexity index is 1200. The normalized spacial score (nSPS) is 17.9. The van der Waals surface area contributed by atoms with E-state index in [0.29, 0.717) is 0 Å². The van der Waals surface area contributed by atoms with Crippen LogP contribution in [-0.4, -0.2) is 64.8 Å². The Morgan fingerprint density at radius 3 is 2.58 bits per heavy atom. The number of oxime groups is 1. The van der Waals surface area contributed by atoms with Crippen LogP contribution < -0.4 is 0 Å². The van der Waals surface area contributed by atoms with Crippen molar-refractivity contribution in [1.82, 2.24) is 14.8 Å². The van der Waals surface area contributed by atoms with Crippen LogP contribution in [0.1, 0.15) is 40.1 Å². The molecule has 170 valence electrons. The summed E-state index contributed by atoms with van der Waals surface area (Å²) in [7, 11) is 4.07. The molecule has 6 nitrogen and oxygen atoms in total. The van der Waals surface area contributed by atoms with Gasteiger partial charge in [0.1, 0.15) is 0 Å². The second-order valence-corrected chi connectivity index (χ2v) is 10.0. The number of aryl methyl sites for hydroxylation is 1. The van der Waals surface area contributed by atoms with Crippen LogP contribution in [0.3, 0.4) is 0 Å². The van der Waals surface area contributed by atoms with Crippen molar-refractivity contribution < 1.29 is 10.0 Å². The van der Waals surface area contributed by atoms with Crippen molar-refractivity contribution in [1.29, 1.82) is 0 Å². The Morgan fingerprint density at radius 1 is 1.09 bits per heavy atom. The Morgan fingerprint density at radius 2 is 1.85 bits per heavy atom. The predicted molar refractivity (Wildman–Crippen MR) is 132 cm³/mol. The minimum absolute atomic E-state index is 0.0898. The van der Waals surface area contributed by atoms with E-state index in [-0.39, 0.29) is 11.9 Å². The van der Waals surface area contributed by atoms with Gasteiger partial charge in [0.25, 0.3) is 5.91 Å². The Balaban J connectivity index is 1.52. The van der Waals surface area contributed by atoms with Gasteiger partial charge in [0.05, 0.1) is 10.6 Å². The maximum Gasteiger partial charge on any atom is 0.263 e. The largest absolute Gasteiger partial charge is 0.411 e. The minimum atomic E-state index is 0.0898. The minimum Gasteiger partial charge on any atom is -0.411 e. The molecule has 1 saturated heterocycles. The highest BCUT2D eigenvalue weighted by Crippen LogP contribution is 2.41. The van der Waals surface area contributed by atoms with Crippen molar-refractivity contribution in [2.45, 2.75) is 31.7 Å². The summed E-state index contributed by atoms with van der Waals surface area (Å²) in [4.78, 5) is 23.8. The third-order valence-corrected chi connectivity index (χ3v) is 8.09. The number of benzene rings is 1. The third kappa shape index (κ3) is 4.18. The van der Waals surface area contributed by atoms with Gasteiger partial charge in [-0.25, -0.2) is 0 Å². The summed E-state index contributed by atoms with van der Waals surface area (Å²) in [6.45, 7) is 2.04. The topological polar surface area (TPSA) is 69.0 Å². The lowest BCUT2D eigenvalue weighted by atomic mass is 10.00. The highest BCUT2D eigenvalue weighted by molar-refractivity contribution is 7.18. The maximum absolute atomic E-state index is 13.5. The summed E-state index contributed by atoms with van der Waals surface area (Å²) < 4.78 is 0. The van der Waals surface area contributed by atoms with Crippen LogP contribution in [0.15, 0.2) is 53.9 Å². The lowest BCUT2D eigenvalue weighted by molar-refractivity contribution is 0.0664. The monoisotopic (exact) mass is 460 g/mol. The average molecular weight is 461 g/mol. The van der Waals surface area contributed by atoms with Crippen molar-refractivity contribution in [2.75, 3.05) is 27.2 Å². The van der Waals surface area contributed by atoms with Gasteiger partial charge < -0.3 is 15.0 Å². The second-order valence-electron chi connectivity index (χ2n) is 8.96. The van der Waals surface area contributed by atoms with E-state index in [9.17, 15) is 10.0 Å². The first kappa shape index (κ1) is 21.8. The maximum atomic E-state index is 13.5. The van der Waals surface area contributed by atoms with Crippen molar-refractivity contribution in [2.24, 2.45) is 5.16 Å². The van der Waals surface area contributed by atoms with Crippen molar-refractivity contribution in [3.63, 3.8) is 0 Å². The van der Waals surface area contributed by atoms with E-state index in [4.69, 9.17) is 0 Å². The molecule has 2 aromatic heterocycles. The Kier molecular flexibility index (Phi) is 6.00. The van der Waals surface area contributed by atoms with Gasteiger partial charge in [0, 0.05) is 41.5 Å². The van der Waals surface area contributed by atoms with E-state index < -0.39 is 0 Å². The number of hydrogen-bond donors (Lipinski definition) is 1. The molecule has 5 rings (SSSR count). The Labute approximate surface area is 198 Å². The Hall–Kier alpha value is -3.03. The summed E-state index contributed by atoms with van der Waals surface area (Å²) in [5, 5.41) is 12.7. The zero-order valence-corrected chi connectivity index (χ0v) is 19.8. The van der Waals surface area contributed by atoms with Crippen LogP contribution >= 0.6 is 11.3 Å². The number of aromatic nitrogens is 1. The van der Waals surface area contributed by atoms with E-state index >= 15 is 0 Å². The summed E-state index contributed by atoms with van der Waals surface area (Å²) >= 11 is 1.56. The number of carbonyl (C=O) groups is 1. The summed E-state index contributed by atoms with van der Waals surface area (Å²) in [5.74, 6) is 0.0898. The fraction of sp³-hybridized carbons (Fsp3) is 0.346. The van der Waals surface area contributed by atoms with Crippen LogP contribution in [0.25, 0.3) is 21.6 Å². The number of nitrogens with zero attached hydrogens (tertiary/aromatic N) is 4. The number of piperidine rings is 1. The summed E-state index contributed by atoms with van der Waals surface area (Å²) in [6, 6.07) is 12.6. The number of carbonyl (C=O) groups excluding carboxylic acids is 1. The SMILES string of the molecule is CN1CCC(N(C)C(=O)c2cc(-c3ccncc3)c(-c3ccc4c(c3)CC/C4=N\O)s2)CC1. The first-order chi connectivity index (χ1) is 16.0. The van der Waals surface area contributed by atoms with Crippen LogP contribution in [-0.2, 0) is 6.42 Å². The van der Waals surface area contributed by atoms with E-state index in [2.05, 4.69) is 34.2 Å². The zero-order chi connectivity index (χ0) is 22.9. The van der Waals surface area contributed by atoms with Crippen LogP contribution in [0.5, 0.6) is 0 Å². The van der Waals surface area contributed by atoms with Crippen LogP contribution in [0.4, 0.5) is 0 Å². The predicted octanol–water partition coefficient (Wildman–Crippen LogP) is 4.77. The molecule has 1 aromatic carbocycles. The molecule has 0 radical (unpaired) electrons. The molecule has 0 spiro atoms. The number of rotatable bonds is 4. The van der Waals surface area contributed by atoms with E-state index in [1.165, 1.54) is 5.56 Å². The molecule has 2 aliphatic rings. The molecule has 0 atom stereocenters.